The highest BCUT2D eigenvalue weighted by Crippen LogP contribution is 2.23. The maximum atomic E-state index is 11.9. The molecule has 0 aromatic heterocycles. The Labute approximate surface area is 122 Å². The highest BCUT2D eigenvalue weighted by atomic mass is 35.5. The average Bonchev–Trinajstić information content (AvgIpc) is 2.37. The number of carbonyl (C=O) groups excluding carboxylic acids is 1. The van der Waals surface area contributed by atoms with Crippen LogP contribution in [0.3, 0.4) is 0 Å². The smallest absolute Gasteiger partial charge is 0.335 e. The largest absolute Gasteiger partial charge is 0.478 e. The topological polar surface area (TPSA) is 89.9 Å². The van der Waals surface area contributed by atoms with E-state index in [2.05, 4.69) is 5.32 Å². The van der Waals surface area contributed by atoms with E-state index in [1.54, 1.807) is 14.0 Å². The normalized spacial score (nSPS) is 11.8. The number of aliphatic hydroxyl groups is 1. The molecule has 0 heterocycles. The number of hydrogen-bond acceptors (Lipinski definition) is 3. The fraction of sp³-hybridized carbons (Fsp3) is 0.385. The van der Waals surface area contributed by atoms with Crippen molar-refractivity contribution in [3.05, 3.63) is 28.8 Å². The number of rotatable bonds is 5. The Kier molecular flexibility index (Phi) is 5.79. The Morgan fingerprint density at radius 2 is 2.10 bits per heavy atom. The molecule has 1 rings (SSSR count). The quantitative estimate of drug-likeness (QED) is 0.778. The van der Waals surface area contributed by atoms with Crippen molar-refractivity contribution in [2.24, 2.45) is 0 Å². The van der Waals surface area contributed by atoms with Gasteiger partial charge in [0.15, 0.2) is 0 Å². The lowest BCUT2D eigenvalue weighted by molar-refractivity contribution is 0.0697. The number of halogens is 1. The third kappa shape index (κ3) is 4.71. The summed E-state index contributed by atoms with van der Waals surface area (Å²) in [7, 11) is 1.59. The van der Waals surface area contributed by atoms with Gasteiger partial charge in [-0.25, -0.2) is 9.59 Å². The van der Waals surface area contributed by atoms with Crippen LogP contribution in [0.5, 0.6) is 0 Å². The summed E-state index contributed by atoms with van der Waals surface area (Å²) < 4.78 is 0. The van der Waals surface area contributed by atoms with E-state index in [-0.39, 0.29) is 16.6 Å². The number of carbonyl (C=O) groups is 2. The van der Waals surface area contributed by atoms with Gasteiger partial charge in [0, 0.05) is 13.6 Å². The minimum Gasteiger partial charge on any atom is -0.478 e. The van der Waals surface area contributed by atoms with E-state index in [0.29, 0.717) is 18.7 Å². The number of aliphatic hydroxyl groups excluding tert-OH is 1. The van der Waals surface area contributed by atoms with E-state index in [1.807, 2.05) is 0 Å². The first-order valence-electron chi connectivity index (χ1n) is 6.04. The molecule has 110 valence electrons. The molecule has 0 bridgehead atoms. The number of hydrogen-bond donors (Lipinski definition) is 3. The fourth-order valence-corrected chi connectivity index (χ4v) is 1.67. The number of urea groups is 1. The van der Waals surface area contributed by atoms with Crippen molar-refractivity contribution < 1.29 is 19.8 Å². The van der Waals surface area contributed by atoms with Crippen LogP contribution in [0.25, 0.3) is 0 Å². The van der Waals surface area contributed by atoms with Crippen LogP contribution in [0.15, 0.2) is 18.2 Å². The number of anilines is 1. The minimum atomic E-state index is -1.08. The number of benzene rings is 1. The van der Waals surface area contributed by atoms with Gasteiger partial charge in [0.05, 0.1) is 22.4 Å². The van der Waals surface area contributed by atoms with Gasteiger partial charge in [0.25, 0.3) is 0 Å². The Hall–Kier alpha value is -1.79. The molecular formula is C13H17ClN2O4. The van der Waals surface area contributed by atoms with Crippen molar-refractivity contribution in [1.82, 2.24) is 4.90 Å². The summed E-state index contributed by atoms with van der Waals surface area (Å²) in [6, 6.07) is 3.69. The first kappa shape index (κ1) is 16.3. The SMILES string of the molecule is CC(O)CCN(C)C(=O)Nc1ccc(C(=O)O)cc1Cl. The maximum Gasteiger partial charge on any atom is 0.335 e. The van der Waals surface area contributed by atoms with Gasteiger partial charge in [0.1, 0.15) is 0 Å². The van der Waals surface area contributed by atoms with Crippen LogP contribution in [-0.4, -0.2) is 46.8 Å². The molecule has 20 heavy (non-hydrogen) atoms. The molecule has 0 saturated heterocycles. The van der Waals surface area contributed by atoms with Crippen molar-refractivity contribution in [3.63, 3.8) is 0 Å². The molecule has 2 amide bonds. The molecule has 0 spiro atoms. The van der Waals surface area contributed by atoms with Crippen LogP contribution in [0.2, 0.25) is 5.02 Å². The molecule has 0 radical (unpaired) electrons. The molecule has 1 atom stereocenters. The number of nitrogens with one attached hydrogen (secondary N) is 1. The van der Waals surface area contributed by atoms with E-state index >= 15 is 0 Å². The Morgan fingerprint density at radius 3 is 2.60 bits per heavy atom. The van der Waals surface area contributed by atoms with Gasteiger partial charge >= 0.3 is 12.0 Å². The predicted molar refractivity (Wildman–Crippen MR) is 76.4 cm³/mol. The lowest BCUT2D eigenvalue weighted by atomic mass is 10.2. The molecule has 7 heteroatoms. The fourth-order valence-electron chi connectivity index (χ4n) is 1.44. The first-order valence-corrected chi connectivity index (χ1v) is 6.42. The monoisotopic (exact) mass is 300 g/mol. The summed E-state index contributed by atoms with van der Waals surface area (Å²) in [6.45, 7) is 2.04. The van der Waals surface area contributed by atoms with Crippen LogP contribution in [0, 0.1) is 0 Å². The number of aromatic carboxylic acids is 1. The molecule has 0 aliphatic heterocycles. The summed E-state index contributed by atoms with van der Waals surface area (Å²) in [5.74, 6) is -1.08. The summed E-state index contributed by atoms with van der Waals surface area (Å²) in [4.78, 5) is 24.0. The van der Waals surface area contributed by atoms with Crippen LogP contribution < -0.4 is 5.32 Å². The van der Waals surface area contributed by atoms with Crippen LogP contribution in [0.4, 0.5) is 10.5 Å². The summed E-state index contributed by atoms with van der Waals surface area (Å²) >= 11 is 5.91. The first-order chi connectivity index (χ1) is 9.31. The number of carboxylic acids is 1. The molecule has 0 fully saturated rings. The zero-order valence-electron chi connectivity index (χ0n) is 11.3. The summed E-state index contributed by atoms with van der Waals surface area (Å²) in [5, 5.41) is 20.7. The van der Waals surface area contributed by atoms with Crippen molar-refractivity contribution in [2.45, 2.75) is 19.4 Å². The van der Waals surface area contributed by atoms with E-state index in [4.69, 9.17) is 21.8 Å². The molecule has 0 saturated carbocycles. The van der Waals surface area contributed by atoms with Gasteiger partial charge in [-0.1, -0.05) is 11.6 Å². The summed E-state index contributed by atoms with van der Waals surface area (Å²) in [5.41, 5.74) is 0.390. The lowest BCUT2D eigenvalue weighted by Gasteiger charge is -2.19. The summed E-state index contributed by atoms with van der Waals surface area (Å²) in [6.07, 6.45) is -0.0148. The van der Waals surface area contributed by atoms with Crippen molar-refractivity contribution >= 4 is 29.3 Å². The Bertz CT molecular complexity index is 505. The zero-order chi connectivity index (χ0) is 15.3. The highest BCUT2D eigenvalue weighted by molar-refractivity contribution is 6.34. The van der Waals surface area contributed by atoms with Gasteiger partial charge in [-0.15, -0.1) is 0 Å². The zero-order valence-corrected chi connectivity index (χ0v) is 12.0. The highest BCUT2D eigenvalue weighted by Gasteiger charge is 2.13. The standard InChI is InChI=1S/C13H17ClN2O4/c1-8(17)5-6-16(2)13(20)15-11-4-3-9(12(18)19)7-10(11)14/h3-4,7-8,17H,5-6H2,1-2H3,(H,15,20)(H,18,19). The van der Waals surface area contributed by atoms with Gasteiger partial charge in [-0.05, 0) is 31.5 Å². The second-order valence-electron chi connectivity index (χ2n) is 4.49. The molecule has 6 nitrogen and oxygen atoms in total. The van der Waals surface area contributed by atoms with Crippen molar-refractivity contribution in [1.29, 1.82) is 0 Å². The Balaban J connectivity index is 2.68. The molecule has 1 unspecified atom stereocenters. The molecule has 3 N–H and O–H groups in total. The lowest BCUT2D eigenvalue weighted by Crippen LogP contribution is -2.33. The third-order valence-electron chi connectivity index (χ3n) is 2.69. The van der Waals surface area contributed by atoms with E-state index in [1.165, 1.54) is 23.1 Å². The number of amides is 2. The second-order valence-corrected chi connectivity index (χ2v) is 4.90. The molecule has 1 aromatic rings. The van der Waals surface area contributed by atoms with Gasteiger partial charge in [-0.3, -0.25) is 0 Å². The van der Waals surface area contributed by atoms with Crippen molar-refractivity contribution in [2.75, 3.05) is 18.9 Å². The second kappa shape index (κ2) is 7.12. The number of nitrogens with zero attached hydrogens (tertiary/aromatic N) is 1. The minimum absolute atomic E-state index is 0.0514. The predicted octanol–water partition coefficient (Wildman–Crippen LogP) is 2.27. The van der Waals surface area contributed by atoms with Gasteiger partial charge in [0.2, 0.25) is 0 Å². The Morgan fingerprint density at radius 1 is 1.45 bits per heavy atom. The van der Waals surface area contributed by atoms with Crippen LogP contribution in [-0.2, 0) is 0 Å². The third-order valence-corrected chi connectivity index (χ3v) is 3.00. The molecular weight excluding hydrogens is 284 g/mol. The van der Waals surface area contributed by atoms with E-state index < -0.39 is 12.1 Å². The average molecular weight is 301 g/mol. The number of carboxylic acid groups (broad SMARTS) is 1. The van der Waals surface area contributed by atoms with Crippen molar-refractivity contribution in [3.8, 4) is 0 Å². The van der Waals surface area contributed by atoms with Gasteiger partial charge < -0.3 is 20.4 Å². The molecule has 0 aliphatic carbocycles. The molecule has 1 aromatic carbocycles. The maximum absolute atomic E-state index is 11.9. The van der Waals surface area contributed by atoms with Crippen LogP contribution >= 0.6 is 11.6 Å². The van der Waals surface area contributed by atoms with E-state index in [9.17, 15) is 9.59 Å². The van der Waals surface area contributed by atoms with Crippen LogP contribution in [0.1, 0.15) is 23.7 Å². The van der Waals surface area contributed by atoms with E-state index in [0.717, 1.165) is 0 Å². The van der Waals surface area contributed by atoms with Gasteiger partial charge in [-0.2, -0.15) is 0 Å². The molecule has 0 aliphatic rings.